The Kier molecular flexibility index (Phi) is 3.31. The van der Waals surface area contributed by atoms with Gasteiger partial charge in [0.25, 0.3) is 0 Å². The summed E-state index contributed by atoms with van der Waals surface area (Å²) in [6, 6.07) is 10.3. The number of hydrogen-bond donors (Lipinski definition) is 1. The number of rotatable bonds is 4. The third-order valence-electron chi connectivity index (χ3n) is 3.00. The minimum Gasteiger partial charge on any atom is -0.459 e. The average Bonchev–Trinajstić information content (AvgIpc) is 3.01. The van der Waals surface area contributed by atoms with Gasteiger partial charge in [-0.1, -0.05) is 18.2 Å². The number of hydrogen-bond acceptors (Lipinski definition) is 5. The molecule has 98 valence electrons. The van der Waals surface area contributed by atoms with E-state index in [1.165, 1.54) is 0 Å². The zero-order valence-corrected chi connectivity index (χ0v) is 11.7. The molecule has 1 aromatic carbocycles. The molecule has 0 aliphatic heterocycles. The Morgan fingerprint density at radius 2 is 2.16 bits per heavy atom. The van der Waals surface area contributed by atoms with E-state index in [9.17, 15) is 0 Å². The van der Waals surface area contributed by atoms with Crippen LogP contribution in [0.2, 0.25) is 0 Å². The van der Waals surface area contributed by atoms with Crippen molar-refractivity contribution >= 4 is 22.3 Å². The molecular weight excluding hydrogens is 258 g/mol. The lowest BCUT2D eigenvalue weighted by molar-refractivity contribution is 0.450. The highest BCUT2D eigenvalue weighted by atomic mass is 32.1. The predicted octanol–water partition coefficient (Wildman–Crippen LogP) is 3.44. The summed E-state index contributed by atoms with van der Waals surface area (Å²) >= 11 is 1.61. The topological polar surface area (TPSA) is 51.0 Å². The maximum Gasteiger partial charge on any atom is 0.134 e. The minimum atomic E-state index is 0.150. The SMILES string of the molecule is Cc1nnc(CNC(C)c2cc3ccccc3o2)s1. The van der Waals surface area contributed by atoms with Gasteiger partial charge in [-0.05, 0) is 26.0 Å². The number of aromatic nitrogens is 2. The molecule has 1 unspecified atom stereocenters. The van der Waals surface area contributed by atoms with Crippen molar-refractivity contribution in [3.63, 3.8) is 0 Å². The van der Waals surface area contributed by atoms with Crippen molar-refractivity contribution in [3.05, 3.63) is 46.1 Å². The smallest absolute Gasteiger partial charge is 0.134 e. The van der Waals surface area contributed by atoms with Crippen molar-refractivity contribution in [2.45, 2.75) is 26.4 Å². The van der Waals surface area contributed by atoms with Crippen molar-refractivity contribution in [2.24, 2.45) is 0 Å². The maximum atomic E-state index is 5.83. The van der Waals surface area contributed by atoms with E-state index in [1.54, 1.807) is 11.3 Å². The van der Waals surface area contributed by atoms with Crippen molar-refractivity contribution in [2.75, 3.05) is 0 Å². The summed E-state index contributed by atoms with van der Waals surface area (Å²) < 4.78 is 5.83. The molecule has 0 radical (unpaired) electrons. The van der Waals surface area contributed by atoms with Gasteiger partial charge in [0.2, 0.25) is 0 Å². The zero-order chi connectivity index (χ0) is 13.2. The second-order valence-electron chi connectivity index (χ2n) is 4.50. The highest BCUT2D eigenvalue weighted by molar-refractivity contribution is 7.11. The van der Waals surface area contributed by atoms with E-state index >= 15 is 0 Å². The fourth-order valence-electron chi connectivity index (χ4n) is 1.97. The molecule has 19 heavy (non-hydrogen) atoms. The van der Waals surface area contributed by atoms with Gasteiger partial charge in [-0.2, -0.15) is 0 Å². The number of furan rings is 1. The third-order valence-corrected chi connectivity index (χ3v) is 3.84. The fraction of sp³-hybridized carbons (Fsp3) is 0.286. The van der Waals surface area contributed by atoms with E-state index < -0.39 is 0 Å². The largest absolute Gasteiger partial charge is 0.459 e. The number of nitrogens with one attached hydrogen (secondary N) is 1. The molecule has 3 aromatic rings. The van der Waals surface area contributed by atoms with Gasteiger partial charge in [0.05, 0.1) is 12.6 Å². The van der Waals surface area contributed by atoms with Gasteiger partial charge in [-0.25, -0.2) is 0 Å². The van der Waals surface area contributed by atoms with Gasteiger partial charge in [-0.15, -0.1) is 21.5 Å². The van der Waals surface area contributed by atoms with E-state index in [0.29, 0.717) is 6.54 Å². The lowest BCUT2D eigenvalue weighted by Crippen LogP contribution is -2.17. The Hall–Kier alpha value is -1.72. The van der Waals surface area contributed by atoms with Crippen LogP contribution in [0.25, 0.3) is 11.0 Å². The first-order valence-electron chi connectivity index (χ1n) is 6.23. The van der Waals surface area contributed by atoms with Crippen LogP contribution in [0.1, 0.15) is 28.7 Å². The molecule has 0 fully saturated rings. The number of fused-ring (bicyclic) bond motifs is 1. The molecule has 0 saturated heterocycles. The number of benzene rings is 1. The van der Waals surface area contributed by atoms with Crippen molar-refractivity contribution in [3.8, 4) is 0 Å². The Morgan fingerprint density at radius 3 is 2.89 bits per heavy atom. The summed E-state index contributed by atoms with van der Waals surface area (Å²) in [7, 11) is 0. The summed E-state index contributed by atoms with van der Waals surface area (Å²) in [5, 5.41) is 14.6. The first-order chi connectivity index (χ1) is 9.22. The van der Waals surface area contributed by atoms with Crippen molar-refractivity contribution in [1.29, 1.82) is 0 Å². The predicted molar refractivity (Wildman–Crippen MR) is 76.1 cm³/mol. The number of para-hydroxylation sites is 1. The zero-order valence-electron chi connectivity index (χ0n) is 10.9. The molecule has 0 aliphatic rings. The number of aryl methyl sites for hydroxylation is 1. The van der Waals surface area contributed by atoms with Crippen LogP contribution in [-0.4, -0.2) is 10.2 Å². The molecule has 4 nitrogen and oxygen atoms in total. The van der Waals surface area contributed by atoms with E-state index in [-0.39, 0.29) is 6.04 Å². The van der Waals surface area contributed by atoms with Crippen molar-refractivity contribution < 1.29 is 4.42 Å². The van der Waals surface area contributed by atoms with Gasteiger partial charge in [0.1, 0.15) is 21.4 Å². The average molecular weight is 273 g/mol. The van der Waals surface area contributed by atoms with Crippen LogP contribution in [0.3, 0.4) is 0 Å². The minimum absolute atomic E-state index is 0.150. The Balaban J connectivity index is 1.71. The lowest BCUT2D eigenvalue weighted by Gasteiger charge is -2.08. The van der Waals surface area contributed by atoms with Crippen LogP contribution in [0, 0.1) is 6.92 Å². The fourth-order valence-corrected chi connectivity index (χ4v) is 2.63. The second kappa shape index (κ2) is 5.11. The molecule has 0 saturated carbocycles. The van der Waals surface area contributed by atoms with Crippen LogP contribution >= 0.6 is 11.3 Å². The molecule has 3 rings (SSSR count). The third kappa shape index (κ3) is 2.67. The molecule has 2 heterocycles. The maximum absolute atomic E-state index is 5.83. The van der Waals surface area contributed by atoms with Crippen LogP contribution in [0.15, 0.2) is 34.7 Å². The molecule has 0 aliphatic carbocycles. The summed E-state index contributed by atoms with van der Waals surface area (Å²) in [6.45, 7) is 4.76. The first kappa shape index (κ1) is 12.3. The molecule has 0 amide bonds. The molecule has 0 spiro atoms. The highest BCUT2D eigenvalue weighted by Gasteiger charge is 2.11. The summed E-state index contributed by atoms with van der Waals surface area (Å²) in [6.07, 6.45) is 0. The summed E-state index contributed by atoms with van der Waals surface area (Å²) in [5.41, 5.74) is 0.929. The van der Waals surface area contributed by atoms with E-state index in [1.807, 2.05) is 25.1 Å². The number of nitrogens with zero attached hydrogens (tertiary/aromatic N) is 2. The lowest BCUT2D eigenvalue weighted by atomic mass is 10.2. The Labute approximate surface area is 115 Å². The van der Waals surface area contributed by atoms with Gasteiger partial charge in [0, 0.05) is 5.39 Å². The quantitative estimate of drug-likeness (QED) is 0.791. The van der Waals surface area contributed by atoms with Crippen LogP contribution in [-0.2, 0) is 6.54 Å². The van der Waals surface area contributed by atoms with E-state index in [4.69, 9.17) is 4.42 Å². The molecule has 0 bridgehead atoms. The Morgan fingerprint density at radius 1 is 1.32 bits per heavy atom. The second-order valence-corrected chi connectivity index (χ2v) is 5.77. The van der Waals surface area contributed by atoms with Gasteiger partial charge >= 0.3 is 0 Å². The monoisotopic (exact) mass is 273 g/mol. The van der Waals surface area contributed by atoms with Crippen LogP contribution < -0.4 is 5.32 Å². The first-order valence-corrected chi connectivity index (χ1v) is 7.05. The Bertz CT molecular complexity index is 656. The van der Waals surface area contributed by atoms with Gasteiger partial charge in [-0.3, -0.25) is 0 Å². The molecule has 2 aromatic heterocycles. The highest BCUT2D eigenvalue weighted by Crippen LogP contribution is 2.23. The van der Waals surface area contributed by atoms with Crippen molar-refractivity contribution in [1.82, 2.24) is 15.5 Å². The summed E-state index contributed by atoms with van der Waals surface area (Å²) in [4.78, 5) is 0. The van der Waals surface area contributed by atoms with Crippen LogP contribution in [0.4, 0.5) is 0 Å². The summed E-state index contributed by atoms with van der Waals surface area (Å²) in [5.74, 6) is 0.947. The molecule has 1 N–H and O–H groups in total. The van der Waals surface area contributed by atoms with Crippen LogP contribution in [0.5, 0.6) is 0 Å². The molecule has 5 heteroatoms. The van der Waals surface area contributed by atoms with Gasteiger partial charge < -0.3 is 9.73 Å². The standard InChI is InChI=1S/C14H15N3OS/c1-9(15-8-14-17-16-10(2)19-14)13-7-11-5-3-4-6-12(11)18-13/h3-7,9,15H,8H2,1-2H3. The normalized spacial score (nSPS) is 12.9. The van der Waals surface area contributed by atoms with E-state index in [2.05, 4.69) is 34.6 Å². The molecular formula is C14H15N3OS. The van der Waals surface area contributed by atoms with Gasteiger partial charge in [0.15, 0.2) is 0 Å². The molecule has 1 atom stereocenters. The van der Waals surface area contributed by atoms with E-state index in [0.717, 1.165) is 26.7 Å².